The average Bonchev–Trinajstić information content (AvgIpc) is 3.48. The van der Waals surface area contributed by atoms with Crippen LogP contribution in [0.15, 0.2) is 43.0 Å². The second-order valence-electron chi connectivity index (χ2n) is 11.7. The quantitative estimate of drug-likeness (QED) is 0.0610. The minimum atomic E-state index is -3.49. The van der Waals surface area contributed by atoms with E-state index in [-0.39, 0.29) is 26.2 Å². The highest BCUT2D eigenvalue weighted by molar-refractivity contribution is 7.53. The number of anilines is 1. The van der Waals surface area contributed by atoms with Gasteiger partial charge in [-0.25, -0.2) is 15.0 Å². The fourth-order valence-electron chi connectivity index (χ4n) is 5.13. The van der Waals surface area contributed by atoms with Gasteiger partial charge in [-0.3, -0.25) is 4.57 Å². The molecule has 252 valence electrons. The predicted molar refractivity (Wildman–Crippen MR) is 181 cm³/mol. The van der Waals surface area contributed by atoms with Crippen LogP contribution < -0.4 is 5.73 Å². The summed E-state index contributed by atoms with van der Waals surface area (Å²) < 4.78 is 38.5. The number of imidazole rings is 1. The number of aromatic nitrogens is 4. The Morgan fingerprint density at radius 1 is 0.711 bits per heavy atom. The van der Waals surface area contributed by atoms with Crippen molar-refractivity contribution in [1.29, 1.82) is 0 Å². The summed E-state index contributed by atoms with van der Waals surface area (Å²) in [5.74, 6) is 0.329. The van der Waals surface area contributed by atoms with Crippen LogP contribution in [0.2, 0.25) is 0 Å². The van der Waals surface area contributed by atoms with Crippen LogP contribution in [-0.4, -0.2) is 52.3 Å². The maximum atomic E-state index is 13.5. The van der Waals surface area contributed by atoms with Crippen molar-refractivity contribution in [2.45, 2.75) is 116 Å². The lowest BCUT2D eigenvalue weighted by atomic mass is 10.0. The Morgan fingerprint density at radius 2 is 1.36 bits per heavy atom. The van der Waals surface area contributed by atoms with Crippen LogP contribution >= 0.6 is 7.60 Å². The van der Waals surface area contributed by atoms with Crippen LogP contribution in [0.4, 0.5) is 5.82 Å². The number of nitrogens with two attached hydrogens (primary N) is 1. The molecule has 0 amide bonds. The number of benzene rings is 1. The van der Waals surface area contributed by atoms with E-state index >= 15 is 0 Å². The van der Waals surface area contributed by atoms with E-state index in [0.717, 1.165) is 18.6 Å². The molecular weight excluding hydrogens is 589 g/mol. The third-order valence-electron chi connectivity index (χ3n) is 7.79. The number of nitrogen functional groups attached to an aromatic ring is 1. The number of nitrogens with zero attached hydrogens (tertiary/aromatic N) is 4. The molecule has 0 saturated carbocycles. The van der Waals surface area contributed by atoms with Gasteiger partial charge in [0.2, 0.25) is 0 Å². The van der Waals surface area contributed by atoms with Crippen LogP contribution in [0.5, 0.6) is 0 Å². The number of hydrogen-bond acceptors (Lipinski definition) is 9. The Labute approximate surface area is 270 Å². The number of unbranched alkanes of at least 4 members (excludes halogenated alkanes) is 13. The lowest BCUT2D eigenvalue weighted by molar-refractivity contribution is 0.0979. The number of ether oxygens (including phenoxy) is 2. The van der Waals surface area contributed by atoms with Gasteiger partial charge in [-0.1, -0.05) is 121 Å². The van der Waals surface area contributed by atoms with Crippen molar-refractivity contribution in [3.63, 3.8) is 0 Å². The van der Waals surface area contributed by atoms with E-state index in [4.69, 9.17) is 24.3 Å². The molecule has 3 aromatic rings. The Bertz CT molecular complexity index is 1210. The predicted octanol–water partition coefficient (Wildman–Crippen LogP) is 8.70. The summed E-state index contributed by atoms with van der Waals surface area (Å²) in [4.78, 5) is 12.5. The van der Waals surface area contributed by atoms with Gasteiger partial charge in [0.05, 0.1) is 26.1 Å². The van der Waals surface area contributed by atoms with E-state index in [9.17, 15) is 4.57 Å². The van der Waals surface area contributed by atoms with Crippen molar-refractivity contribution >= 4 is 24.6 Å². The van der Waals surface area contributed by atoms with Gasteiger partial charge in [0.25, 0.3) is 0 Å². The molecule has 0 aliphatic heterocycles. The van der Waals surface area contributed by atoms with E-state index in [1.165, 1.54) is 89.8 Å². The molecule has 2 aromatic heterocycles. The second kappa shape index (κ2) is 23.0. The zero-order chi connectivity index (χ0) is 31.8. The van der Waals surface area contributed by atoms with Gasteiger partial charge in [-0.05, 0) is 18.4 Å². The number of fused-ring (bicyclic) bond motifs is 1. The van der Waals surface area contributed by atoms with Crippen molar-refractivity contribution < 1.29 is 23.1 Å². The molecule has 1 aromatic carbocycles. The number of rotatable bonds is 28. The van der Waals surface area contributed by atoms with Gasteiger partial charge in [0.15, 0.2) is 11.5 Å². The fourth-order valence-corrected chi connectivity index (χ4v) is 6.46. The third-order valence-corrected chi connectivity index (χ3v) is 9.39. The molecule has 11 heteroatoms. The Hall–Kier alpha value is -2.36. The van der Waals surface area contributed by atoms with Gasteiger partial charge in [0.1, 0.15) is 18.2 Å². The molecule has 45 heavy (non-hydrogen) atoms. The van der Waals surface area contributed by atoms with Crippen molar-refractivity contribution in [3.05, 3.63) is 48.5 Å². The van der Waals surface area contributed by atoms with Crippen molar-refractivity contribution in [2.24, 2.45) is 0 Å². The van der Waals surface area contributed by atoms with E-state index in [0.29, 0.717) is 36.6 Å². The maximum Gasteiger partial charge on any atom is 0.356 e. The summed E-state index contributed by atoms with van der Waals surface area (Å²) in [6.45, 7) is 4.78. The molecule has 0 bridgehead atoms. The summed E-state index contributed by atoms with van der Waals surface area (Å²) in [6.07, 6.45) is 22.3. The van der Waals surface area contributed by atoms with Gasteiger partial charge >= 0.3 is 7.60 Å². The first-order valence-electron chi connectivity index (χ1n) is 17.1. The molecule has 0 spiro atoms. The van der Waals surface area contributed by atoms with Crippen LogP contribution in [0.25, 0.3) is 11.2 Å². The number of hydrogen-bond donors (Lipinski definition) is 1. The zero-order valence-corrected chi connectivity index (χ0v) is 28.3. The van der Waals surface area contributed by atoms with E-state index < -0.39 is 7.60 Å². The molecule has 0 fully saturated rings. The summed E-state index contributed by atoms with van der Waals surface area (Å²) in [6, 6.07) is 9.62. The zero-order valence-electron chi connectivity index (χ0n) is 27.5. The summed E-state index contributed by atoms with van der Waals surface area (Å²) in [5, 5.41) is 0. The fraction of sp³-hybridized carbons (Fsp3) is 0.676. The first kappa shape index (κ1) is 37.1. The topological polar surface area (TPSA) is 124 Å². The van der Waals surface area contributed by atoms with Crippen molar-refractivity contribution in [3.8, 4) is 0 Å². The normalized spacial score (nSPS) is 13.0. The third kappa shape index (κ3) is 15.7. The van der Waals surface area contributed by atoms with Gasteiger partial charge in [0, 0.05) is 19.8 Å². The molecule has 10 nitrogen and oxygen atoms in total. The molecule has 0 radical (unpaired) electrons. The van der Waals surface area contributed by atoms with Crippen LogP contribution in [0.3, 0.4) is 0 Å². The summed E-state index contributed by atoms with van der Waals surface area (Å²) in [5.41, 5.74) is 7.95. The van der Waals surface area contributed by atoms with E-state index in [1.807, 2.05) is 34.9 Å². The van der Waals surface area contributed by atoms with E-state index in [1.54, 1.807) is 6.33 Å². The van der Waals surface area contributed by atoms with Crippen molar-refractivity contribution in [2.75, 3.05) is 38.5 Å². The largest absolute Gasteiger partial charge is 0.382 e. The minimum Gasteiger partial charge on any atom is -0.382 e. The van der Waals surface area contributed by atoms with Crippen LogP contribution in [0, 0.1) is 0 Å². The summed E-state index contributed by atoms with van der Waals surface area (Å²) >= 11 is 0. The molecule has 3 rings (SSSR count). The van der Waals surface area contributed by atoms with Crippen LogP contribution in [-0.2, 0) is 36.2 Å². The monoisotopic (exact) mass is 645 g/mol. The maximum absolute atomic E-state index is 13.5. The average molecular weight is 646 g/mol. The highest BCUT2D eigenvalue weighted by Gasteiger charge is 2.25. The first-order chi connectivity index (χ1) is 22.1. The molecule has 0 aliphatic rings. The lowest BCUT2D eigenvalue weighted by Crippen LogP contribution is -2.10. The molecule has 1 unspecified atom stereocenters. The Balaban J connectivity index is 1.23. The Morgan fingerprint density at radius 3 is 2.04 bits per heavy atom. The van der Waals surface area contributed by atoms with Crippen molar-refractivity contribution in [1.82, 2.24) is 19.5 Å². The standard InChI is InChI=1S/C34H56N5O5P/c1-2-3-4-5-6-7-8-9-10-11-12-13-14-18-23-41-24-19-25-43-45(40,44-27-31-20-16-15-17-21-31)30-42-26-22-39-29-38-32-33(35)36-28-37-34(32)39/h15-17,20-21,28-29H,2-14,18-19,22-27,30H2,1H3,(H2,35,36,37). The first-order valence-corrected chi connectivity index (χ1v) is 18.8. The minimum absolute atomic E-state index is 0.149. The van der Waals surface area contributed by atoms with Crippen LogP contribution in [0.1, 0.15) is 109 Å². The smallest absolute Gasteiger partial charge is 0.356 e. The highest BCUT2D eigenvalue weighted by Crippen LogP contribution is 2.49. The molecule has 1 atom stereocenters. The molecule has 2 N–H and O–H groups in total. The van der Waals surface area contributed by atoms with E-state index in [2.05, 4.69) is 21.9 Å². The Kier molecular flexibility index (Phi) is 19.0. The molecule has 0 saturated heterocycles. The van der Waals surface area contributed by atoms with Gasteiger partial charge in [-0.15, -0.1) is 0 Å². The lowest BCUT2D eigenvalue weighted by Gasteiger charge is -2.19. The second-order valence-corrected chi connectivity index (χ2v) is 13.7. The summed E-state index contributed by atoms with van der Waals surface area (Å²) in [7, 11) is -3.49. The highest BCUT2D eigenvalue weighted by atomic mass is 31.2. The molecule has 2 heterocycles. The SMILES string of the molecule is CCCCCCCCCCCCCCCCOCCCOP(=O)(COCCn1cnc2c(N)ncnc21)OCc1ccccc1. The molecule has 0 aliphatic carbocycles. The van der Waals surface area contributed by atoms with Gasteiger partial charge < -0.3 is 28.8 Å². The molecular formula is C34H56N5O5P. The van der Waals surface area contributed by atoms with Gasteiger partial charge in [-0.2, -0.15) is 0 Å².